The Labute approximate surface area is 314 Å². The highest BCUT2D eigenvalue weighted by atomic mass is 32.2. The van der Waals surface area contributed by atoms with Crippen molar-refractivity contribution in [3.05, 3.63) is 156 Å². The standard InChI is InChI=1S/C46H49N3O3S/c1-4-48(36-15-8-6-9-16-36)38-24-20-34(21-25-38)46(35-22-26-39(27-23-35)49(5-2)37-17-10-7-11-18-37)42-30-31-45(47-44-19-13-12-14-33(44)3)43-32-40(53(50,51)52)28-29-41(42)43/h6-11,15-18,20-33,44,46-47H,4-5,12-14,19H2,1-3H3,(H,50,51,52). The fraction of sp³-hybridized carbons (Fsp3) is 0.261. The van der Waals surface area contributed by atoms with Crippen LogP contribution in [-0.4, -0.2) is 32.1 Å². The van der Waals surface area contributed by atoms with Gasteiger partial charge in [0.15, 0.2) is 0 Å². The number of rotatable bonds is 12. The van der Waals surface area contributed by atoms with Crippen molar-refractivity contribution in [1.82, 2.24) is 0 Å². The van der Waals surface area contributed by atoms with Crippen LogP contribution >= 0.6 is 0 Å². The highest BCUT2D eigenvalue weighted by Gasteiger charge is 2.25. The summed E-state index contributed by atoms with van der Waals surface area (Å²) in [6.07, 6.45) is 4.63. The number of anilines is 5. The molecule has 2 N–H and O–H groups in total. The fourth-order valence-electron chi connectivity index (χ4n) is 8.11. The van der Waals surface area contributed by atoms with Crippen LogP contribution in [0.4, 0.5) is 28.4 Å². The molecule has 2 unspecified atom stereocenters. The van der Waals surface area contributed by atoms with Crippen molar-refractivity contribution >= 4 is 49.3 Å². The summed E-state index contributed by atoms with van der Waals surface area (Å²) in [5.74, 6) is 0.351. The summed E-state index contributed by atoms with van der Waals surface area (Å²) in [6, 6.07) is 48.1. The minimum absolute atomic E-state index is 0.103. The van der Waals surface area contributed by atoms with Crippen molar-refractivity contribution in [1.29, 1.82) is 0 Å². The van der Waals surface area contributed by atoms with Gasteiger partial charge in [-0.05, 0) is 121 Å². The minimum atomic E-state index is -4.41. The van der Waals surface area contributed by atoms with E-state index in [4.69, 9.17) is 0 Å². The third-order valence-electron chi connectivity index (χ3n) is 10.9. The zero-order valence-corrected chi connectivity index (χ0v) is 31.6. The van der Waals surface area contributed by atoms with Gasteiger partial charge in [-0.15, -0.1) is 0 Å². The third-order valence-corrected chi connectivity index (χ3v) is 11.8. The maximum Gasteiger partial charge on any atom is 0.294 e. The predicted octanol–water partition coefficient (Wildman–Crippen LogP) is 11.6. The molecule has 2 atom stereocenters. The van der Waals surface area contributed by atoms with Crippen LogP contribution in [0.2, 0.25) is 0 Å². The van der Waals surface area contributed by atoms with Gasteiger partial charge >= 0.3 is 0 Å². The lowest BCUT2D eigenvalue weighted by Crippen LogP contribution is -2.30. The lowest BCUT2D eigenvalue weighted by atomic mass is 9.82. The molecule has 0 radical (unpaired) electrons. The fourth-order valence-corrected chi connectivity index (χ4v) is 8.62. The molecular formula is C46H49N3O3S. The average Bonchev–Trinajstić information content (AvgIpc) is 3.18. The molecule has 0 bridgehead atoms. The molecule has 1 aliphatic carbocycles. The number of nitrogens with zero attached hydrogens (tertiary/aromatic N) is 2. The third kappa shape index (κ3) is 7.82. The second-order valence-corrected chi connectivity index (χ2v) is 15.6. The van der Waals surface area contributed by atoms with Crippen molar-refractivity contribution in [2.75, 3.05) is 28.2 Å². The molecule has 0 saturated heterocycles. The molecule has 7 rings (SSSR count). The number of fused-ring (bicyclic) bond motifs is 1. The monoisotopic (exact) mass is 723 g/mol. The smallest absolute Gasteiger partial charge is 0.294 e. The molecule has 6 aromatic rings. The Morgan fingerprint density at radius 1 is 0.642 bits per heavy atom. The maximum atomic E-state index is 12.4. The van der Waals surface area contributed by atoms with Gasteiger partial charge in [0.1, 0.15) is 0 Å². The summed E-state index contributed by atoms with van der Waals surface area (Å²) in [7, 11) is -4.41. The second-order valence-electron chi connectivity index (χ2n) is 14.2. The van der Waals surface area contributed by atoms with E-state index in [1.165, 1.54) is 18.9 Å². The highest BCUT2D eigenvalue weighted by Crippen LogP contribution is 2.42. The van der Waals surface area contributed by atoms with Gasteiger partial charge < -0.3 is 15.1 Å². The van der Waals surface area contributed by atoms with Gasteiger partial charge in [-0.25, -0.2) is 0 Å². The number of benzene rings is 6. The first-order valence-electron chi connectivity index (χ1n) is 18.9. The Morgan fingerprint density at radius 3 is 1.64 bits per heavy atom. The van der Waals surface area contributed by atoms with E-state index in [1.54, 1.807) is 6.07 Å². The lowest BCUT2D eigenvalue weighted by Gasteiger charge is -2.31. The minimum Gasteiger partial charge on any atom is -0.382 e. The van der Waals surface area contributed by atoms with E-state index >= 15 is 0 Å². The van der Waals surface area contributed by atoms with Crippen molar-refractivity contribution in [3.63, 3.8) is 0 Å². The Bertz CT molecular complexity index is 2150. The van der Waals surface area contributed by atoms with E-state index in [0.717, 1.165) is 81.8 Å². The molecule has 53 heavy (non-hydrogen) atoms. The van der Waals surface area contributed by atoms with Crippen LogP contribution in [0.15, 0.2) is 144 Å². The summed E-state index contributed by atoms with van der Waals surface area (Å²) in [5.41, 5.74) is 8.72. The molecule has 0 spiro atoms. The van der Waals surface area contributed by atoms with Crippen molar-refractivity contribution in [3.8, 4) is 0 Å². The van der Waals surface area contributed by atoms with Crippen molar-refractivity contribution in [2.24, 2.45) is 5.92 Å². The molecule has 1 aliphatic rings. The Balaban J connectivity index is 1.36. The van der Waals surface area contributed by atoms with Gasteiger partial charge in [-0.1, -0.05) is 92.6 Å². The van der Waals surface area contributed by atoms with E-state index in [1.807, 2.05) is 18.2 Å². The lowest BCUT2D eigenvalue weighted by molar-refractivity contribution is 0.350. The predicted molar refractivity (Wildman–Crippen MR) is 221 cm³/mol. The van der Waals surface area contributed by atoms with E-state index < -0.39 is 10.1 Å². The van der Waals surface area contributed by atoms with Gasteiger partial charge in [0, 0.05) is 58.9 Å². The molecule has 6 nitrogen and oxygen atoms in total. The molecule has 1 saturated carbocycles. The first kappa shape index (κ1) is 36.3. The summed E-state index contributed by atoms with van der Waals surface area (Å²) >= 11 is 0. The van der Waals surface area contributed by atoms with Crippen LogP contribution in [0, 0.1) is 5.92 Å². The highest BCUT2D eigenvalue weighted by molar-refractivity contribution is 7.85. The average molecular weight is 724 g/mol. The molecule has 1 fully saturated rings. The molecule has 272 valence electrons. The SMILES string of the molecule is CCN(c1ccccc1)c1ccc(C(c2ccc(N(CC)c3ccccc3)cc2)c2ccc(NC3CCCCC3C)c3cc(S(=O)(=O)O)ccc23)cc1. The molecular weight excluding hydrogens is 675 g/mol. The van der Waals surface area contributed by atoms with Gasteiger partial charge in [0.05, 0.1) is 4.90 Å². The Hall–Kier alpha value is -5.11. The summed E-state index contributed by atoms with van der Waals surface area (Å²) in [6.45, 7) is 8.28. The first-order valence-corrected chi connectivity index (χ1v) is 20.3. The largest absolute Gasteiger partial charge is 0.382 e. The van der Waals surface area contributed by atoms with Crippen LogP contribution in [0.3, 0.4) is 0 Å². The molecule has 6 aromatic carbocycles. The normalized spacial score (nSPS) is 16.1. The maximum absolute atomic E-state index is 12.4. The van der Waals surface area contributed by atoms with Crippen LogP contribution in [0.1, 0.15) is 69.1 Å². The summed E-state index contributed by atoms with van der Waals surface area (Å²) in [5, 5.41) is 5.53. The number of hydrogen-bond acceptors (Lipinski definition) is 5. The first-order chi connectivity index (χ1) is 25.7. The van der Waals surface area contributed by atoms with E-state index in [-0.39, 0.29) is 10.8 Å². The van der Waals surface area contributed by atoms with Gasteiger partial charge in [0.25, 0.3) is 10.1 Å². The number of nitrogens with one attached hydrogen (secondary N) is 1. The number of hydrogen-bond donors (Lipinski definition) is 2. The second kappa shape index (κ2) is 15.9. The van der Waals surface area contributed by atoms with Crippen LogP contribution in [-0.2, 0) is 10.1 Å². The van der Waals surface area contributed by atoms with E-state index in [2.05, 4.69) is 145 Å². The van der Waals surface area contributed by atoms with Crippen LogP contribution < -0.4 is 15.1 Å². The Morgan fingerprint density at radius 2 is 1.15 bits per heavy atom. The molecule has 0 amide bonds. The molecule has 0 aliphatic heterocycles. The summed E-state index contributed by atoms with van der Waals surface area (Å²) < 4.78 is 35.0. The van der Waals surface area contributed by atoms with Gasteiger partial charge in [0.2, 0.25) is 0 Å². The zero-order valence-electron chi connectivity index (χ0n) is 30.8. The van der Waals surface area contributed by atoms with Crippen LogP contribution in [0.25, 0.3) is 10.8 Å². The van der Waals surface area contributed by atoms with Gasteiger partial charge in [-0.3, -0.25) is 4.55 Å². The molecule has 0 heterocycles. The van der Waals surface area contributed by atoms with Crippen LogP contribution in [0.5, 0.6) is 0 Å². The zero-order chi connectivity index (χ0) is 37.0. The number of para-hydroxylation sites is 2. The van der Waals surface area contributed by atoms with Crippen molar-refractivity contribution in [2.45, 2.75) is 63.3 Å². The molecule has 7 heteroatoms. The quantitative estimate of drug-likeness (QED) is 0.0967. The van der Waals surface area contributed by atoms with E-state index in [9.17, 15) is 13.0 Å². The van der Waals surface area contributed by atoms with Crippen molar-refractivity contribution < 1.29 is 13.0 Å². The molecule has 0 aromatic heterocycles. The van der Waals surface area contributed by atoms with E-state index in [0.29, 0.717) is 12.0 Å². The van der Waals surface area contributed by atoms with Gasteiger partial charge in [-0.2, -0.15) is 8.42 Å². The summed E-state index contributed by atoms with van der Waals surface area (Å²) in [4.78, 5) is 4.50. The topological polar surface area (TPSA) is 72.9 Å². The Kier molecular flexibility index (Phi) is 10.9.